The first-order valence-corrected chi connectivity index (χ1v) is 6.40. The summed E-state index contributed by atoms with van der Waals surface area (Å²) in [4.78, 5) is 1.21. The number of aromatic hydroxyl groups is 1. The molecule has 0 spiro atoms. The van der Waals surface area contributed by atoms with E-state index in [0.29, 0.717) is 5.75 Å². The van der Waals surface area contributed by atoms with Gasteiger partial charge in [0.25, 0.3) is 0 Å². The van der Waals surface area contributed by atoms with Crippen molar-refractivity contribution in [3.05, 3.63) is 53.6 Å². The summed E-state index contributed by atoms with van der Waals surface area (Å²) < 4.78 is 0. The quantitative estimate of drug-likeness (QED) is 0.642. The minimum absolute atomic E-state index is 0.305. The summed E-state index contributed by atoms with van der Waals surface area (Å²) in [7, 11) is 0. The normalized spacial score (nSPS) is 10.4. The van der Waals surface area contributed by atoms with E-state index >= 15 is 0 Å². The maximum atomic E-state index is 9.20. The van der Waals surface area contributed by atoms with Crippen LogP contribution in [-0.4, -0.2) is 5.11 Å². The fourth-order valence-electron chi connectivity index (χ4n) is 1.53. The molecular weight excluding hydrogens is 230 g/mol. The van der Waals surface area contributed by atoms with Crippen LogP contribution in [0.25, 0.3) is 0 Å². The molecule has 88 valence electrons. The van der Waals surface area contributed by atoms with Crippen LogP contribution in [0.5, 0.6) is 5.75 Å². The molecule has 0 bridgehead atoms. The van der Waals surface area contributed by atoms with Gasteiger partial charge in [-0.2, -0.15) is 0 Å². The maximum Gasteiger partial charge on any atom is 0.115 e. The van der Waals surface area contributed by atoms with Crippen molar-refractivity contribution in [1.29, 1.82) is 0 Å². The van der Waals surface area contributed by atoms with E-state index in [0.717, 1.165) is 11.4 Å². The van der Waals surface area contributed by atoms with Crippen molar-refractivity contribution < 1.29 is 5.11 Å². The second-order valence-corrected chi connectivity index (χ2v) is 5.00. The van der Waals surface area contributed by atoms with Crippen molar-refractivity contribution >= 4 is 17.4 Å². The third-order valence-electron chi connectivity index (χ3n) is 2.54. The molecule has 2 aromatic carbocycles. The Morgan fingerprint density at radius 1 is 1.12 bits per heavy atom. The molecule has 0 saturated heterocycles. The topological polar surface area (TPSA) is 46.2 Å². The number of phenols is 1. The first-order chi connectivity index (χ1) is 8.15. The zero-order chi connectivity index (χ0) is 12.3. The number of anilines is 1. The highest BCUT2D eigenvalue weighted by molar-refractivity contribution is 7.98. The van der Waals surface area contributed by atoms with Crippen LogP contribution in [0.3, 0.4) is 0 Å². The van der Waals surface area contributed by atoms with Crippen LogP contribution in [-0.2, 0) is 5.75 Å². The summed E-state index contributed by atoms with van der Waals surface area (Å²) in [5.41, 5.74) is 8.99. The van der Waals surface area contributed by atoms with Crippen molar-refractivity contribution in [3.8, 4) is 5.75 Å². The lowest BCUT2D eigenvalue weighted by Gasteiger charge is -2.06. The Kier molecular flexibility index (Phi) is 3.59. The standard InChI is InChI=1S/C14H15NOS/c1-10-2-5-12(15)8-14(10)17-9-11-3-6-13(16)7-4-11/h2-8,16H,9,15H2,1H3. The van der Waals surface area contributed by atoms with Crippen LogP contribution in [0.1, 0.15) is 11.1 Å². The maximum absolute atomic E-state index is 9.20. The van der Waals surface area contributed by atoms with Crippen LogP contribution in [0, 0.1) is 6.92 Å². The van der Waals surface area contributed by atoms with Gasteiger partial charge < -0.3 is 10.8 Å². The lowest BCUT2D eigenvalue weighted by molar-refractivity contribution is 0.475. The molecule has 0 amide bonds. The minimum atomic E-state index is 0.305. The number of nitrogen functional groups attached to an aromatic ring is 1. The molecule has 0 fully saturated rings. The lowest BCUT2D eigenvalue weighted by Crippen LogP contribution is -1.88. The zero-order valence-corrected chi connectivity index (χ0v) is 10.5. The monoisotopic (exact) mass is 245 g/mol. The van der Waals surface area contributed by atoms with Crippen LogP contribution in [0.15, 0.2) is 47.4 Å². The molecule has 0 radical (unpaired) electrons. The number of rotatable bonds is 3. The molecule has 2 nitrogen and oxygen atoms in total. The van der Waals surface area contributed by atoms with E-state index in [1.807, 2.05) is 30.3 Å². The third kappa shape index (κ3) is 3.17. The van der Waals surface area contributed by atoms with E-state index in [1.54, 1.807) is 23.9 Å². The highest BCUT2D eigenvalue weighted by Gasteiger charge is 2.01. The second kappa shape index (κ2) is 5.15. The number of hydrogen-bond donors (Lipinski definition) is 2. The Bertz CT molecular complexity index is 508. The van der Waals surface area contributed by atoms with Gasteiger partial charge in [-0.1, -0.05) is 18.2 Å². The van der Waals surface area contributed by atoms with Gasteiger partial charge in [0.1, 0.15) is 5.75 Å². The van der Waals surface area contributed by atoms with E-state index < -0.39 is 0 Å². The number of phenolic OH excluding ortho intramolecular Hbond substituents is 1. The zero-order valence-electron chi connectivity index (χ0n) is 9.68. The van der Waals surface area contributed by atoms with Gasteiger partial charge in [0.2, 0.25) is 0 Å². The van der Waals surface area contributed by atoms with Crippen molar-refractivity contribution in [1.82, 2.24) is 0 Å². The summed E-state index contributed by atoms with van der Waals surface area (Å²) in [6, 6.07) is 13.2. The van der Waals surface area contributed by atoms with Crippen LogP contribution >= 0.6 is 11.8 Å². The smallest absolute Gasteiger partial charge is 0.115 e. The number of hydrogen-bond acceptors (Lipinski definition) is 3. The SMILES string of the molecule is Cc1ccc(N)cc1SCc1ccc(O)cc1. The van der Waals surface area contributed by atoms with Gasteiger partial charge in [-0.05, 0) is 42.3 Å². The fraction of sp³-hybridized carbons (Fsp3) is 0.143. The Labute approximate surface area is 105 Å². The summed E-state index contributed by atoms with van der Waals surface area (Å²) in [6.45, 7) is 2.08. The third-order valence-corrected chi connectivity index (χ3v) is 3.77. The molecule has 17 heavy (non-hydrogen) atoms. The summed E-state index contributed by atoms with van der Waals surface area (Å²) in [5, 5.41) is 9.20. The molecule has 0 atom stereocenters. The molecule has 2 aromatic rings. The first kappa shape index (κ1) is 11.9. The van der Waals surface area contributed by atoms with E-state index in [9.17, 15) is 5.11 Å². The fourth-order valence-corrected chi connectivity index (χ4v) is 2.56. The van der Waals surface area contributed by atoms with E-state index in [2.05, 4.69) is 6.92 Å². The van der Waals surface area contributed by atoms with Crippen molar-refractivity contribution in [2.45, 2.75) is 17.6 Å². The molecule has 0 heterocycles. The van der Waals surface area contributed by atoms with Crippen molar-refractivity contribution in [2.24, 2.45) is 0 Å². The predicted molar refractivity (Wildman–Crippen MR) is 73.3 cm³/mol. The molecule has 0 aromatic heterocycles. The van der Waals surface area contributed by atoms with E-state index in [4.69, 9.17) is 5.73 Å². The average Bonchev–Trinajstić information content (AvgIpc) is 2.32. The van der Waals surface area contributed by atoms with Crippen molar-refractivity contribution in [2.75, 3.05) is 5.73 Å². The van der Waals surface area contributed by atoms with Crippen LogP contribution < -0.4 is 5.73 Å². The molecule has 3 heteroatoms. The Hall–Kier alpha value is -1.61. The highest BCUT2D eigenvalue weighted by atomic mass is 32.2. The van der Waals surface area contributed by atoms with E-state index in [1.165, 1.54) is 16.0 Å². The summed E-state index contributed by atoms with van der Waals surface area (Å²) in [5.74, 6) is 1.18. The van der Waals surface area contributed by atoms with Gasteiger partial charge in [0.15, 0.2) is 0 Å². The molecule has 0 aliphatic carbocycles. The number of benzene rings is 2. The first-order valence-electron chi connectivity index (χ1n) is 5.42. The molecule has 0 unspecified atom stereocenters. The molecule has 3 N–H and O–H groups in total. The number of thioether (sulfide) groups is 1. The molecule has 0 aliphatic rings. The number of nitrogens with two attached hydrogens (primary N) is 1. The minimum Gasteiger partial charge on any atom is -0.508 e. The van der Waals surface area contributed by atoms with Gasteiger partial charge in [-0.25, -0.2) is 0 Å². The van der Waals surface area contributed by atoms with Gasteiger partial charge in [-0.15, -0.1) is 11.8 Å². The largest absolute Gasteiger partial charge is 0.508 e. The van der Waals surface area contributed by atoms with Gasteiger partial charge >= 0.3 is 0 Å². The summed E-state index contributed by atoms with van der Waals surface area (Å²) in [6.07, 6.45) is 0. The second-order valence-electron chi connectivity index (χ2n) is 3.98. The van der Waals surface area contributed by atoms with Gasteiger partial charge in [0, 0.05) is 16.3 Å². The summed E-state index contributed by atoms with van der Waals surface area (Å²) >= 11 is 1.76. The Morgan fingerprint density at radius 2 is 1.82 bits per heavy atom. The number of aryl methyl sites for hydroxylation is 1. The van der Waals surface area contributed by atoms with Gasteiger partial charge in [-0.3, -0.25) is 0 Å². The Balaban J connectivity index is 2.07. The highest BCUT2D eigenvalue weighted by Crippen LogP contribution is 2.28. The molecule has 0 aliphatic heterocycles. The lowest BCUT2D eigenvalue weighted by atomic mass is 10.2. The van der Waals surface area contributed by atoms with Crippen molar-refractivity contribution in [3.63, 3.8) is 0 Å². The molecule has 2 rings (SSSR count). The predicted octanol–water partition coefficient (Wildman–Crippen LogP) is 3.58. The van der Waals surface area contributed by atoms with Crippen LogP contribution in [0.2, 0.25) is 0 Å². The van der Waals surface area contributed by atoms with E-state index in [-0.39, 0.29) is 0 Å². The molecular formula is C14H15NOS. The molecule has 0 saturated carbocycles. The average molecular weight is 245 g/mol. The Morgan fingerprint density at radius 3 is 2.53 bits per heavy atom. The van der Waals surface area contributed by atoms with Crippen LogP contribution in [0.4, 0.5) is 5.69 Å². The van der Waals surface area contributed by atoms with Gasteiger partial charge in [0.05, 0.1) is 0 Å².